The average Bonchev–Trinajstić information content (AvgIpc) is 2.94. The highest BCUT2D eigenvalue weighted by molar-refractivity contribution is 7.99. The molecule has 0 aliphatic carbocycles. The molecule has 1 aromatic carbocycles. The van der Waals surface area contributed by atoms with Crippen molar-refractivity contribution in [3.63, 3.8) is 0 Å². The van der Waals surface area contributed by atoms with Crippen LogP contribution >= 0.6 is 23.4 Å². The summed E-state index contributed by atoms with van der Waals surface area (Å²) in [7, 11) is 1.61. The van der Waals surface area contributed by atoms with E-state index in [2.05, 4.69) is 10.6 Å². The smallest absolute Gasteiger partial charge is 0.238 e. The average molecular weight is 301 g/mol. The molecule has 0 spiro atoms. The minimum Gasteiger partial charge on any atom is -0.497 e. The Kier molecular flexibility index (Phi) is 5.36. The third-order valence-electron chi connectivity index (χ3n) is 2.99. The number of methoxy groups -OCH3 is 1. The first-order valence-electron chi connectivity index (χ1n) is 6.12. The van der Waals surface area contributed by atoms with Crippen LogP contribution in [0.3, 0.4) is 0 Å². The van der Waals surface area contributed by atoms with Crippen LogP contribution in [0.1, 0.15) is 5.56 Å². The summed E-state index contributed by atoms with van der Waals surface area (Å²) in [6.45, 7) is 0.591. The topological polar surface area (TPSA) is 50.4 Å². The van der Waals surface area contributed by atoms with E-state index < -0.39 is 0 Å². The van der Waals surface area contributed by atoms with E-state index in [1.807, 2.05) is 12.1 Å². The van der Waals surface area contributed by atoms with Crippen LogP contribution in [0.5, 0.6) is 5.75 Å². The van der Waals surface area contributed by atoms with E-state index in [0.29, 0.717) is 18.0 Å². The second kappa shape index (κ2) is 7.03. The molecule has 0 saturated carbocycles. The van der Waals surface area contributed by atoms with Crippen molar-refractivity contribution in [1.29, 1.82) is 0 Å². The lowest BCUT2D eigenvalue weighted by atomic mass is 10.1. The van der Waals surface area contributed by atoms with Gasteiger partial charge in [0.15, 0.2) is 0 Å². The third kappa shape index (κ3) is 4.03. The predicted molar refractivity (Wildman–Crippen MR) is 79.0 cm³/mol. The normalized spacial score (nSPS) is 18.3. The number of carbonyl (C=O) groups excluding carboxylic acids is 1. The SMILES string of the molecule is COc1ccc(CCNC(=O)[C@@H]2CSCN2)c(Cl)c1. The van der Waals surface area contributed by atoms with Crippen LogP contribution in [0.2, 0.25) is 5.02 Å². The van der Waals surface area contributed by atoms with Crippen LogP contribution in [0.25, 0.3) is 0 Å². The monoisotopic (exact) mass is 300 g/mol. The van der Waals surface area contributed by atoms with Crippen LogP contribution in [-0.4, -0.2) is 37.2 Å². The summed E-state index contributed by atoms with van der Waals surface area (Å²) in [5.74, 6) is 2.50. The number of thioether (sulfide) groups is 1. The molecule has 0 unspecified atom stereocenters. The number of carbonyl (C=O) groups is 1. The van der Waals surface area contributed by atoms with E-state index in [9.17, 15) is 4.79 Å². The number of benzene rings is 1. The summed E-state index contributed by atoms with van der Waals surface area (Å²) in [4.78, 5) is 11.8. The highest BCUT2D eigenvalue weighted by Gasteiger charge is 2.21. The van der Waals surface area contributed by atoms with Gasteiger partial charge in [0.1, 0.15) is 5.75 Å². The van der Waals surface area contributed by atoms with Gasteiger partial charge in [-0.05, 0) is 24.1 Å². The number of hydrogen-bond acceptors (Lipinski definition) is 4. The minimum atomic E-state index is -0.0589. The molecule has 104 valence electrons. The van der Waals surface area contributed by atoms with Crippen LogP contribution < -0.4 is 15.4 Å². The van der Waals surface area contributed by atoms with Gasteiger partial charge in [-0.3, -0.25) is 10.1 Å². The Labute approximate surface area is 122 Å². The number of ether oxygens (including phenoxy) is 1. The number of halogens is 1. The van der Waals surface area contributed by atoms with Crippen molar-refractivity contribution in [1.82, 2.24) is 10.6 Å². The standard InChI is InChI=1S/C13H17ClN2O2S/c1-18-10-3-2-9(11(14)6-10)4-5-15-13(17)12-7-19-8-16-12/h2-3,6,12,16H,4-5,7-8H2,1H3,(H,15,17)/t12-/m0/s1. The van der Waals surface area contributed by atoms with E-state index in [1.165, 1.54) is 0 Å². The fourth-order valence-corrected chi connectivity index (χ4v) is 3.07. The molecule has 19 heavy (non-hydrogen) atoms. The van der Waals surface area contributed by atoms with E-state index in [-0.39, 0.29) is 11.9 Å². The summed E-state index contributed by atoms with van der Waals surface area (Å²) in [6.07, 6.45) is 0.717. The fraction of sp³-hybridized carbons (Fsp3) is 0.462. The fourth-order valence-electron chi connectivity index (χ4n) is 1.86. The molecule has 1 aromatic rings. The molecule has 1 saturated heterocycles. The van der Waals surface area contributed by atoms with Crippen LogP contribution in [0, 0.1) is 0 Å². The zero-order valence-corrected chi connectivity index (χ0v) is 12.3. The molecular formula is C13H17ClN2O2S. The first-order valence-corrected chi connectivity index (χ1v) is 7.65. The van der Waals surface area contributed by atoms with E-state index in [4.69, 9.17) is 16.3 Å². The lowest BCUT2D eigenvalue weighted by molar-refractivity contribution is -0.122. The zero-order valence-electron chi connectivity index (χ0n) is 10.7. The van der Waals surface area contributed by atoms with Gasteiger partial charge in [-0.15, -0.1) is 11.8 Å². The van der Waals surface area contributed by atoms with Crippen molar-refractivity contribution in [2.75, 3.05) is 25.3 Å². The molecule has 0 radical (unpaired) electrons. The predicted octanol–water partition coefficient (Wildman–Crippen LogP) is 1.67. The Hall–Kier alpha value is -0.910. The Balaban J connectivity index is 1.80. The summed E-state index contributed by atoms with van der Waals surface area (Å²) in [6, 6.07) is 5.53. The van der Waals surface area contributed by atoms with Gasteiger partial charge in [0.25, 0.3) is 0 Å². The molecule has 1 heterocycles. The summed E-state index contributed by atoms with van der Waals surface area (Å²) in [5.41, 5.74) is 1.01. The van der Waals surface area contributed by atoms with Gasteiger partial charge < -0.3 is 10.1 Å². The maximum Gasteiger partial charge on any atom is 0.238 e. The van der Waals surface area contributed by atoms with Crippen molar-refractivity contribution in [2.45, 2.75) is 12.5 Å². The molecule has 1 aliphatic heterocycles. The molecular weight excluding hydrogens is 284 g/mol. The molecule has 4 nitrogen and oxygen atoms in total. The van der Waals surface area contributed by atoms with Crippen molar-refractivity contribution in [3.05, 3.63) is 28.8 Å². The molecule has 6 heteroatoms. The van der Waals surface area contributed by atoms with Crippen molar-refractivity contribution < 1.29 is 9.53 Å². The highest BCUT2D eigenvalue weighted by Crippen LogP contribution is 2.22. The molecule has 2 N–H and O–H groups in total. The summed E-state index contributed by atoms with van der Waals surface area (Å²) >= 11 is 7.88. The number of nitrogens with one attached hydrogen (secondary N) is 2. The molecule has 0 bridgehead atoms. The second-order valence-electron chi connectivity index (χ2n) is 4.27. The zero-order chi connectivity index (χ0) is 13.7. The first kappa shape index (κ1) is 14.5. The second-order valence-corrected chi connectivity index (χ2v) is 5.71. The largest absolute Gasteiger partial charge is 0.497 e. The molecule has 1 atom stereocenters. The van der Waals surface area contributed by atoms with E-state index >= 15 is 0 Å². The van der Waals surface area contributed by atoms with Crippen molar-refractivity contribution >= 4 is 29.3 Å². The van der Waals surface area contributed by atoms with Crippen molar-refractivity contribution in [3.8, 4) is 5.75 Å². The van der Waals surface area contributed by atoms with Gasteiger partial charge in [0.05, 0.1) is 13.2 Å². The van der Waals surface area contributed by atoms with Crippen LogP contribution in [0.4, 0.5) is 0 Å². The molecule has 0 aromatic heterocycles. The lowest BCUT2D eigenvalue weighted by Gasteiger charge is -2.11. The van der Waals surface area contributed by atoms with Gasteiger partial charge in [-0.25, -0.2) is 0 Å². The number of rotatable bonds is 5. The third-order valence-corrected chi connectivity index (χ3v) is 4.28. The van der Waals surface area contributed by atoms with Gasteiger partial charge in [-0.2, -0.15) is 0 Å². The minimum absolute atomic E-state index is 0.0589. The van der Waals surface area contributed by atoms with Gasteiger partial charge >= 0.3 is 0 Å². The Bertz CT molecular complexity index is 450. The first-order chi connectivity index (χ1) is 9.20. The Morgan fingerprint density at radius 1 is 1.63 bits per heavy atom. The van der Waals surface area contributed by atoms with E-state index in [0.717, 1.165) is 22.9 Å². The Morgan fingerprint density at radius 2 is 2.47 bits per heavy atom. The summed E-state index contributed by atoms with van der Waals surface area (Å²) in [5, 5.41) is 6.73. The van der Waals surface area contributed by atoms with Crippen LogP contribution in [-0.2, 0) is 11.2 Å². The number of hydrogen-bond donors (Lipinski definition) is 2. The Morgan fingerprint density at radius 3 is 3.11 bits per heavy atom. The van der Waals surface area contributed by atoms with E-state index in [1.54, 1.807) is 24.9 Å². The maximum atomic E-state index is 11.8. The van der Waals surface area contributed by atoms with Crippen molar-refractivity contribution in [2.24, 2.45) is 0 Å². The lowest BCUT2D eigenvalue weighted by Crippen LogP contribution is -2.42. The molecule has 1 aliphatic rings. The number of amides is 1. The molecule has 2 rings (SSSR count). The summed E-state index contributed by atoms with van der Waals surface area (Å²) < 4.78 is 5.10. The van der Waals surface area contributed by atoms with Crippen LogP contribution in [0.15, 0.2) is 18.2 Å². The quantitative estimate of drug-likeness (QED) is 0.868. The molecule has 1 amide bonds. The molecule has 1 fully saturated rings. The van der Waals surface area contributed by atoms with Gasteiger partial charge in [0.2, 0.25) is 5.91 Å². The van der Waals surface area contributed by atoms with Gasteiger partial charge in [-0.1, -0.05) is 17.7 Å². The maximum absolute atomic E-state index is 11.8. The highest BCUT2D eigenvalue weighted by atomic mass is 35.5. The van der Waals surface area contributed by atoms with Gasteiger partial charge in [0, 0.05) is 23.2 Å².